The SMILES string of the molecule is C[C@H]1CN(c2cc(C(=O)O)ncn2)C[C@H](C)O1. The number of rotatable bonds is 2. The minimum absolute atomic E-state index is 0.0156. The summed E-state index contributed by atoms with van der Waals surface area (Å²) in [5, 5.41) is 8.88. The zero-order chi connectivity index (χ0) is 12.4. The number of ether oxygens (including phenoxy) is 1. The lowest BCUT2D eigenvalue weighted by atomic mass is 10.2. The number of aromatic carboxylic acids is 1. The van der Waals surface area contributed by atoms with E-state index in [0.717, 1.165) is 0 Å². The van der Waals surface area contributed by atoms with Crippen LogP contribution in [0.4, 0.5) is 5.82 Å². The van der Waals surface area contributed by atoms with Crippen LogP contribution in [0.25, 0.3) is 0 Å². The third kappa shape index (κ3) is 2.71. The molecule has 92 valence electrons. The van der Waals surface area contributed by atoms with Crippen LogP contribution in [0.2, 0.25) is 0 Å². The molecule has 1 N–H and O–H groups in total. The lowest BCUT2D eigenvalue weighted by molar-refractivity contribution is -0.00546. The minimum atomic E-state index is -1.04. The number of hydrogen-bond acceptors (Lipinski definition) is 5. The maximum atomic E-state index is 10.8. The first kappa shape index (κ1) is 11.8. The van der Waals surface area contributed by atoms with Gasteiger partial charge < -0.3 is 14.7 Å². The average molecular weight is 237 g/mol. The van der Waals surface area contributed by atoms with Crippen LogP contribution < -0.4 is 4.90 Å². The number of nitrogens with zero attached hydrogens (tertiary/aromatic N) is 3. The maximum Gasteiger partial charge on any atom is 0.354 e. The van der Waals surface area contributed by atoms with Gasteiger partial charge in [0.05, 0.1) is 12.2 Å². The molecule has 1 aliphatic rings. The van der Waals surface area contributed by atoms with Gasteiger partial charge in [0.15, 0.2) is 5.69 Å². The summed E-state index contributed by atoms with van der Waals surface area (Å²) in [6, 6.07) is 1.49. The molecule has 2 rings (SSSR count). The van der Waals surface area contributed by atoms with Gasteiger partial charge in [0.2, 0.25) is 0 Å². The predicted octanol–water partition coefficient (Wildman–Crippen LogP) is 0.788. The van der Waals surface area contributed by atoms with Crippen molar-refractivity contribution < 1.29 is 14.6 Å². The molecular weight excluding hydrogens is 222 g/mol. The summed E-state index contributed by atoms with van der Waals surface area (Å²) in [5.41, 5.74) is 0.0156. The number of aromatic nitrogens is 2. The third-order valence-corrected chi connectivity index (χ3v) is 2.62. The molecule has 6 heteroatoms. The summed E-state index contributed by atoms with van der Waals surface area (Å²) in [7, 11) is 0. The van der Waals surface area contributed by atoms with Gasteiger partial charge in [-0.3, -0.25) is 0 Å². The van der Waals surface area contributed by atoms with E-state index in [1.54, 1.807) is 0 Å². The van der Waals surface area contributed by atoms with Crippen LogP contribution in [0, 0.1) is 0 Å². The van der Waals surface area contributed by atoms with Crippen LogP contribution in [-0.4, -0.2) is 46.3 Å². The Morgan fingerprint density at radius 3 is 2.65 bits per heavy atom. The first-order valence-corrected chi connectivity index (χ1v) is 5.52. The first-order chi connectivity index (χ1) is 8.06. The number of morpholine rings is 1. The van der Waals surface area contributed by atoms with Crippen molar-refractivity contribution in [2.24, 2.45) is 0 Å². The van der Waals surface area contributed by atoms with E-state index in [2.05, 4.69) is 9.97 Å². The van der Waals surface area contributed by atoms with Gasteiger partial charge in [0, 0.05) is 19.2 Å². The van der Waals surface area contributed by atoms with Crippen molar-refractivity contribution in [3.8, 4) is 0 Å². The zero-order valence-corrected chi connectivity index (χ0v) is 9.83. The van der Waals surface area contributed by atoms with Gasteiger partial charge in [-0.1, -0.05) is 0 Å². The van der Waals surface area contributed by atoms with Gasteiger partial charge in [-0.2, -0.15) is 0 Å². The van der Waals surface area contributed by atoms with E-state index >= 15 is 0 Å². The van der Waals surface area contributed by atoms with Gasteiger partial charge in [-0.25, -0.2) is 14.8 Å². The van der Waals surface area contributed by atoms with Crippen molar-refractivity contribution in [2.45, 2.75) is 26.1 Å². The van der Waals surface area contributed by atoms with Crippen LogP contribution in [0.3, 0.4) is 0 Å². The number of hydrogen-bond donors (Lipinski definition) is 1. The second kappa shape index (κ2) is 4.67. The van der Waals surface area contributed by atoms with E-state index in [0.29, 0.717) is 18.9 Å². The topological polar surface area (TPSA) is 75.6 Å². The predicted molar refractivity (Wildman–Crippen MR) is 61.2 cm³/mol. The van der Waals surface area contributed by atoms with Crippen molar-refractivity contribution in [1.82, 2.24) is 9.97 Å². The second-order valence-electron chi connectivity index (χ2n) is 4.23. The Morgan fingerprint density at radius 1 is 1.41 bits per heavy atom. The molecule has 1 aromatic rings. The van der Waals surface area contributed by atoms with Gasteiger partial charge in [-0.15, -0.1) is 0 Å². The van der Waals surface area contributed by atoms with Crippen LogP contribution in [0.1, 0.15) is 24.3 Å². The lowest BCUT2D eigenvalue weighted by Crippen LogP contribution is -2.45. The number of carbonyl (C=O) groups is 1. The first-order valence-electron chi connectivity index (χ1n) is 5.52. The largest absolute Gasteiger partial charge is 0.477 e. The van der Waals surface area contributed by atoms with Crippen molar-refractivity contribution in [3.63, 3.8) is 0 Å². The molecule has 17 heavy (non-hydrogen) atoms. The maximum absolute atomic E-state index is 10.8. The summed E-state index contributed by atoms with van der Waals surface area (Å²) < 4.78 is 5.61. The molecule has 0 unspecified atom stereocenters. The Kier molecular flexibility index (Phi) is 3.23. The Balaban J connectivity index is 2.21. The molecule has 1 fully saturated rings. The van der Waals surface area contributed by atoms with Crippen molar-refractivity contribution >= 4 is 11.8 Å². The molecule has 2 atom stereocenters. The van der Waals surface area contributed by atoms with Gasteiger partial charge in [-0.05, 0) is 13.8 Å². The highest BCUT2D eigenvalue weighted by molar-refractivity contribution is 5.86. The zero-order valence-electron chi connectivity index (χ0n) is 9.83. The summed E-state index contributed by atoms with van der Waals surface area (Å²) in [4.78, 5) is 20.7. The standard InChI is InChI=1S/C11H15N3O3/c1-7-4-14(5-8(2)17-7)10-3-9(11(15)16)12-6-13-10/h3,6-8H,4-5H2,1-2H3,(H,15,16)/t7-,8-/m0/s1. The highest BCUT2D eigenvalue weighted by Crippen LogP contribution is 2.18. The van der Waals surface area contributed by atoms with Gasteiger partial charge in [0.1, 0.15) is 12.1 Å². The molecule has 1 saturated heterocycles. The molecule has 1 aliphatic heterocycles. The number of carboxylic acids is 1. The molecule has 1 aromatic heterocycles. The van der Waals surface area contributed by atoms with E-state index in [9.17, 15) is 4.79 Å². The van der Waals surface area contributed by atoms with Crippen LogP contribution in [0.5, 0.6) is 0 Å². The Hall–Kier alpha value is -1.69. The molecule has 6 nitrogen and oxygen atoms in total. The Labute approximate surface area is 99.2 Å². The second-order valence-corrected chi connectivity index (χ2v) is 4.23. The van der Waals surface area contributed by atoms with Crippen molar-refractivity contribution in [1.29, 1.82) is 0 Å². The molecule has 0 aliphatic carbocycles. The highest BCUT2D eigenvalue weighted by Gasteiger charge is 2.23. The van der Waals surface area contributed by atoms with E-state index in [1.165, 1.54) is 12.4 Å². The summed E-state index contributed by atoms with van der Waals surface area (Å²) in [6.45, 7) is 5.39. The quantitative estimate of drug-likeness (QED) is 0.819. The summed E-state index contributed by atoms with van der Waals surface area (Å²) >= 11 is 0. The molecule has 0 amide bonds. The lowest BCUT2D eigenvalue weighted by Gasteiger charge is -2.36. The molecule has 0 bridgehead atoms. The minimum Gasteiger partial charge on any atom is -0.477 e. The van der Waals surface area contributed by atoms with E-state index in [4.69, 9.17) is 9.84 Å². The highest BCUT2D eigenvalue weighted by atomic mass is 16.5. The summed E-state index contributed by atoms with van der Waals surface area (Å²) in [5.74, 6) is -0.401. The fourth-order valence-electron chi connectivity index (χ4n) is 2.00. The smallest absolute Gasteiger partial charge is 0.354 e. The molecule has 0 radical (unpaired) electrons. The fourth-order valence-corrected chi connectivity index (χ4v) is 2.00. The van der Waals surface area contributed by atoms with Crippen LogP contribution in [0.15, 0.2) is 12.4 Å². The normalized spacial score (nSPS) is 24.7. The number of anilines is 1. The Morgan fingerprint density at radius 2 is 2.06 bits per heavy atom. The van der Waals surface area contributed by atoms with E-state index in [1.807, 2.05) is 18.7 Å². The molecule has 0 spiro atoms. The molecular formula is C11H15N3O3. The van der Waals surface area contributed by atoms with E-state index < -0.39 is 5.97 Å². The monoisotopic (exact) mass is 237 g/mol. The summed E-state index contributed by atoms with van der Waals surface area (Å²) in [6.07, 6.45) is 1.51. The van der Waals surface area contributed by atoms with Gasteiger partial charge in [0.25, 0.3) is 0 Å². The van der Waals surface area contributed by atoms with Crippen molar-refractivity contribution in [3.05, 3.63) is 18.1 Å². The third-order valence-electron chi connectivity index (χ3n) is 2.62. The van der Waals surface area contributed by atoms with Crippen LogP contribution >= 0.6 is 0 Å². The molecule has 2 heterocycles. The average Bonchev–Trinajstić information content (AvgIpc) is 2.28. The number of carboxylic acid groups (broad SMARTS) is 1. The molecule has 0 saturated carbocycles. The Bertz CT molecular complexity index is 414. The van der Waals surface area contributed by atoms with Crippen LogP contribution in [-0.2, 0) is 4.74 Å². The van der Waals surface area contributed by atoms with Crippen molar-refractivity contribution in [2.75, 3.05) is 18.0 Å². The van der Waals surface area contributed by atoms with Gasteiger partial charge >= 0.3 is 5.97 Å². The molecule has 0 aromatic carbocycles. The fraction of sp³-hybridized carbons (Fsp3) is 0.545. The van der Waals surface area contributed by atoms with E-state index in [-0.39, 0.29) is 17.9 Å².